The molecule has 1 saturated heterocycles. The van der Waals surface area contributed by atoms with Gasteiger partial charge in [-0.25, -0.2) is 0 Å². The van der Waals surface area contributed by atoms with Gasteiger partial charge in [0, 0.05) is 19.7 Å². The quantitative estimate of drug-likeness (QED) is 0.819. The van der Waals surface area contributed by atoms with Crippen LogP contribution in [0, 0.1) is 0 Å². The standard InChI is InChI=1S/C11H19N3O3/c1-3-16-8(2)11-12-10(17-13-11)7-14-5-4-9(15)6-14/h8-9,15H,3-7H2,1-2H3/t8?,9-/m0/s1. The molecule has 96 valence electrons. The molecule has 0 aromatic carbocycles. The smallest absolute Gasteiger partial charge is 0.240 e. The molecule has 1 N–H and O–H groups in total. The summed E-state index contributed by atoms with van der Waals surface area (Å²) in [5.74, 6) is 1.17. The normalized spacial score (nSPS) is 23.1. The molecule has 6 heteroatoms. The zero-order chi connectivity index (χ0) is 12.3. The van der Waals surface area contributed by atoms with Gasteiger partial charge in [-0.1, -0.05) is 5.16 Å². The molecule has 0 amide bonds. The summed E-state index contributed by atoms with van der Waals surface area (Å²) in [6, 6.07) is 0. The van der Waals surface area contributed by atoms with E-state index < -0.39 is 0 Å². The van der Waals surface area contributed by atoms with Crippen LogP contribution in [0.2, 0.25) is 0 Å². The van der Waals surface area contributed by atoms with Gasteiger partial charge in [-0.2, -0.15) is 4.98 Å². The first-order valence-corrected chi connectivity index (χ1v) is 6.03. The number of aromatic nitrogens is 2. The van der Waals surface area contributed by atoms with E-state index in [1.807, 2.05) is 13.8 Å². The maximum absolute atomic E-state index is 9.41. The van der Waals surface area contributed by atoms with E-state index in [0.29, 0.717) is 31.4 Å². The van der Waals surface area contributed by atoms with Gasteiger partial charge in [0.25, 0.3) is 0 Å². The van der Waals surface area contributed by atoms with E-state index in [9.17, 15) is 5.11 Å². The molecule has 1 aromatic heterocycles. The van der Waals surface area contributed by atoms with Crippen molar-refractivity contribution in [2.24, 2.45) is 0 Å². The summed E-state index contributed by atoms with van der Waals surface area (Å²) in [7, 11) is 0. The minimum atomic E-state index is -0.222. The summed E-state index contributed by atoms with van der Waals surface area (Å²) in [5.41, 5.74) is 0. The first kappa shape index (κ1) is 12.5. The number of aliphatic hydroxyl groups excluding tert-OH is 1. The summed E-state index contributed by atoms with van der Waals surface area (Å²) >= 11 is 0. The van der Waals surface area contributed by atoms with Crippen molar-refractivity contribution < 1.29 is 14.4 Å². The maximum atomic E-state index is 9.41. The highest BCUT2D eigenvalue weighted by Gasteiger charge is 2.22. The monoisotopic (exact) mass is 241 g/mol. The van der Waals surface area contributed by atoms with Gasteiger partial charge in [0.2, 0.25) is 5.89 Å². The maximum Gasteiger partial charge on any atom is 0.240 e. The Morgan fingerprint density at radius 3 is 3.12 bits per heavy atom. The number of hydrogen-bond donors (Lipinski definition) is 1. The first-order valence-electron chi connectivity index (χ1n) is 6.03. The van der Waals surface area contributed by atoms with Crippen molar-refractivity contribution in [3.05, 3.63) is 11.7 Å². The minimum Gasteiger partial charge on any atom is -0.392 e. The molecule has 17 heavy (non-hydrogen) atoms. The van der Waals surface area contributed by atoms with E-state index in [1.54, 1.807) is 0 Å². The predicted octanol–water partition coefficient (Wildman–Crippen LogP) is 0.734. The van der Waals surface area contributed by atoms with Crippen molar-refractivity contribution in [1.82, 2.24) is 15.0 Å². The molecule has 0 radical (unpaired) electrons. The van der Waals surface area contributed by atoms with E-state index in [4.69, 9.17) is 9.26 Å². The van der Waals surface area contributed by atoms with Crippen molar-refractivity contribution in [3.63, 3.8) is 0 Å². The Morgan fingerprint density at radius 2 is 2.47 bits per heavy atom. The third-order valence-electron chi connectivity index (χ3n) is 2.87. The highest BCUT2D eigenvalue weighted by molar-refractivity contribution is 4.90. The zero-order valence-corrected chi connectivity index (χ0v) is 10.3. The molecule has 1 aliphatic heterocycles. The summed E-state index contributed by atoms with van der Waals surface area (Å²) in [5, 5.41) is 13.3. The van der Waals surface area contributed by atoms with Crippen LogP contribution in [0.25, 0.3) is 0 Å². The lowest BCUT2D eigenvalue weighted by molar-refractivity contribution is 0.0683. The van der Waals surface area contributed by atoms with Gasteiger partial charge < -0.3 is 14.4 Å². The third-order valence-corrected chi connectivity index (χ3v) is 2.87. The molecule has 2 rings (SSSR count). The summed E-state index contributed by atoms with van der Waals surface area (Å²) in [4.78, 5) is 6.40. The predicted molar refractivity (Wildman–Crippen MR) is 60.2 cm³/mol. The fourth-order valence-electron chi connectivity index (χ4n) is 1.97. The Balaban J connectivity index is 1.89. The zero-order valence-electron chi connectivity index (χ0n) is 10.3. The molecule has 1 aromatic rings. The van der Waals surface area contributed by atoms with Crippen LogP contribution in [-0.4, -0.2) is 45.9 Å². The summed E-state index contributed by atoms with van der Waals surface area (Å²) in [6.45, 7) is 6.62. The fourth-order valence-corrected chi connectivity index (χ4v) is 1.97. The molecule has 6 nitrogen and oxygen atoms in total. The van der Waals surface area contributed by atoms with Crippen LogP contribution in [0.3, 0.4) is 0 Å². The van der Waals surface area contributed by atoms with E-state index in [2.05, 4.69) is 15.0 Å². The van der Waals surface area contributed by atoms with Crippen molar-refractivity contribution in [3.8, 4) is 0 Å². The highest BCUT2D eigenvalue weighted by atomic mass is 16.5. The Kier molecular flexibility index (Phi) is 4.09. The second kappa shape index (κ2) is 5.57. The van der Waals surface area contributed by atoms with Gasteiger partial charge in [0.05, 0.1) is 12.6 Å². The number of nitrogens with zero attached hydrogens (tertiary/aromatic N) is 3. The molecule has 0 aliphatic carbocycles. The van der Waals surface area contributed by atoms with Gasteiger partial charge in [0.15, 0.2) is 5.82 Å². The number of hydrogen-bond acceptors (Lipinski definition) is 6. The summed E-state index contributed by atoms with van der Waals surface area (Å²) < 4.78 is 10.6. The lowest BCUT2D eigenvalue weighted by atomic mass is 10.3. The third kappa shape index (κ3) is 3.24. The van der Waals surface area contributed by atoms with Gasteiger partial charge in [-0.3, -0.25) is 4.90 Å². The number of rotatable bonds is 5. The van der Waals surface area contributed by atoms with Crippen LogP contribution in [0.4, 0.5) is 0 Å². The van der Waals surface area contributed by atoms with Crippen LogP contribution >= 0.6 is 0 Å². The van der Waals surface area contributed by atoms with E-state index in [-0.39, 0.29) is 12.2 Å². The molecular formula is C11H19N3O3. The van der Waals surface area contributed by atoms with Crippen LogP contribution in [0.5, 0.6) is 0 Å². The van der Waals surface area contributed by atoms with Crippen LogP contribution in [0.1, 0.15) is 38.1 Å². The molecule has 0 spiro atoms. The minimum absolute atomic E-state index is 0.137. The topological polar surface area (TPSA) is 71.6 Å². The van der Waals surface area contributed by atoms with Crippen LogP contribution in [0.15, 0.2) is 4.52 Å². The number of likely N-dealkylation sites (tertiary alicyclic amines) is 1. The lowest BCUT2D eigenvalue weighted by Crippen LogP contribution is -2.21. The van der Waals surface area contributed by atoms with Crippen LogP contribution in [-0.2, 0) is 11.3 Å². The van der Waals surface area contributed by atoms with Crippen molar-refractivity contribution in [2.45, 2.75) is 39.0 Å². The molecule has 0 bridgehead atoms. The van der Waals surface area contributed by atoms with Crippen LogP contribution < -0.4 is 0 Å². The average molecular weight is 241 g/mol. The molecule has 2 heterocycles. The van der Waals surface area contributed by atoms with E-state index >= 15 is 0 Å². The average Bonchev–Trinajstić information content (AvgIpc) is 2.89. The van der Waals surface area contributed by atoms with E-state index in [1.165, 1.54) is 0 Å². The van der Waals surface area contributed by atoms with Gasteiger partial charge in [-0.15, -0.1) is 0 Å². The molecular weight excluding hydrogens is 222 g/mol. The van der Waals surface area contributed by atoms with Gasteiger partial charge in [0.1, 0.15) is 6.10 Å². The van der Waals surface area contributed by atoms with Crippen molar-refractivity contribution in [1.29, 1.82) is 0 Å². The second-order valence-corrected chi connectivity index (χ2v) is 4.32. The van der Waals surface area contributed by atoms with Gasteiger partial charge in [-0.05, 0) is 20.3 Å². The summed E-state index contributed by atoms with van der Waals surface area (Å²) in [6.07, 6.45) is 0.456. The number of aliphatic hydroxyl groups is 1. The van der Waals surface area contributed by atoms with Crippen molar-refractivity contribution >= 4 is 0 Å². The number of ether oxygens (including phenoxy) is 1. The van der Waals surface area contributed by atoms with E-state index in [0.717, 1.165) is 13.0 Å². The molecule has 0 saturated carbocycles. The molecule has 2 atom stereocenters. The molecule has 1 unspecified atom stereocenters. The lowest BCUT2D eigenvalue weighted by Gasteiger charge is -2.10. The second-order valence-electron chi connectivity index (χ2n) is 4.32. The largest absolute Gasteiger partial charge is 0.392 e. The Morgan fingerprint density at radius 1 is 1.65 bits per heavy atom. The van der Waals surface area contributed by atoms with Crippen molar-refractivity contribution in [2.75, 3.05) is 19.7 Å². The Labute approximate surface area is 101 Å². The molecule has 1 aliphatic rings. The Hall–Kier alpha value is -0.980. The number of β-amino-alcohol motifs (C(OH)–C–C–N with tert-alkyl or cyclic N) is 1. The molecule has 1 fully saturated rings. The fraction of sp³-hybridized carbons (Fsp3) is 0.818. The SMILES string of the molecule is CCOC(C)c1noc(CN2CC[C@H](O)C2)n1. The first-order chi connectivity index (χ1) is 8.19. The van der Waals surface area contributed by atoms with Gasteiger partial charge >= 0.3 is 0 Å². The highest BCUT2D eigenvalue weighted by Crippen LogP contribution is 2.15. The Bertz CT molecular complexity index is 355.